The van der Waals surface area contributed by atoms with Gasteiger partial charge < -0.3 is 14.4 Å². The highest BCUT2D eigenvalue weighted by atomic mass is 35.5. The first-order chi connectivity index (χ1) is 13.3. The maximum atomic E-state index is 12.4. The predicted octanol–water partition coefficient (Wildman–Crippen LogP) is 5.90. The second-order valence-electron chi connectivity index (χ2n) is 7.85. The van der Waals surface area contributed by atoms with Crippen LogP contribution in [0.5, 0.6) is 0 Å². The van der Waals surface area contributed by atoms with Crippen LogP contribution in [0.1, 0.15) is 36.1 Å². The molecule has 0 saturated heterocycles. The Labute approximate surface area is 169 Å². The first kappa shape index (κ1) is 18.8. The van der Waals surface area contributed by atoms with Crippen LogP contribution in [0.15, 0.2) is 54.6 Å². The topological polar surface area (TPSA) is 51.5 Å². The van der Waals surface area contributed by atoms with E-state index in [4.69, 9.17) is 16.3 Å². The van der Waals surface area contributed by atoms with Crippen LogP contribution in [0.4, 0.5) is 0 Å². The summed E-state index contributed by atoms with van der Waals surface area (Å²) >= 11 is 6.07. The van der Waals surface area contributed by atoms with Gasteiger partial charge in [0.05, 0.1) is 5.69 Å². The number of carbonyl (C=O) groups is 1. The number of benzene rings is 2. The molecule has 2 heterocycles. The van der Waals surface area contributed by atoms with E-state index in [1.807, 2.05) is 47.0 Å². The van der Waals surface area contributed by atoms with Crippen molar-refractivity contribution >= 4 is 17.6 Å². The number of aromatic nitrogens is 1. The fourth-order valence-electron chi connectivity index (χ4n) is 4.38. The molecule has 0 saturated carbocycles. The van der Waals surface area contributed by atoms with E-state index in [1.165, 1.54) is 0 Å². The molecule has 0 radical (unpaired) electrons. The molecule has 1 aliphatic rings. The molecule has 28 heavy (non-hydrogen) atoms. The molecule has 1 aromatic heterocycles. The standard InChI is InChI=1S/C23H22ClNO3/c1-23(2)13-25-19(21(23)28-3)17(14-7-5-4-6-8-14)18(20(25)22(26)27)15-9-11-16(24)12-10-15/h4-12,21H,13H2,1-3H3,(H,26,27). The van der Waals surface area contributed by atoms with E-state index in [-0.39, 0.29) is 11.5 Å². The highest BCUT2D eigenvalue weighted by molar-refractivity contribution is 6.30. The zero-order valence-corrected chi connectivity index (χ0v) is 16.8. The average molecular weight is 396 g/mol. The van der Waals surface area contributed by atoms with Gasteiger partial charge in [0.1, 0.15) is 11.8 Å². The molecule has 1 unspecified atom stereocenters. The fraction of sp³-hybridized carbons (Fsp3) is 0.261. The normalized spacial score (nSPS) is 17.5. The summed E-state index contributed by atoms with van der Waals surface area (Å²) in [6, 6.07) is 17.2. The Morgan fingerprint density at radius 2 is 1.68 bits per heavy atom. The summed E-state index contributed by atoms with van der Waals surface area (Å²) in [5.74, 6) is -0.944. The van der Waals surface area contributed by atoms with Gasteiger partial charge in [-0.15, -0.1) is 0 Å². The molecule has 0 aliphatic carbocycles. The number of hydrogen-bond donors (Lipinski definition) is 1. The van der Waals surface area contributed by atoms with Crippen LogP contribution in [0.3, 0.4) is 0 Å². The summed E-state index contributed by atoms with van der Waals surface area (Å²) in [7, 11) is 1.69. The summed E-state index contributed by atoms with van der Waals surface area (Å²) in [4.78, 5) is 12.4. The number of rotatable bonds is 4. The van der Waals surface area contributed by atoms with Crippen LogP contribution < -0.4 is 0 Å². The van der Waals surface area contributed by atoms with Crippen molar-refractivity contribution in [3.8, 4) is 22.3 Å². The van der Waals surface area contributed by atoms with Crippen LogP contribution in [-0.2, 0) is 11.3 Å². The Morgan fingerprint density at radius 3 is 2.25 bits per heavy atom. The third-order valence-corrected chi connectivity index (χ3v) is 5.71. The van der Waals surface area contributed by atoms with Gasteiger partial charge in [-0.05, 0) is 23.3 Å². The molecule has 0 amide bonds. The molecule has 5 heteroatoms. The summed E-state index contributed by atoms with van der Waals surface area (Å²) < 4.78 is 7.80. The quantitative estimate of drug-likeness (QED) is 0.598. The number of aromatic carboxylic acids is 1. The Hall–Kier alpha value is -2.56. The lowest BCUT2D eigenvalue weighted by molar-refractivity contribution is 0.0184. The molecular weight excluding hydrogens is 374 g/mol. The van der Waals surface area contributed by atoms with Gasteiger partial charge in [-0.25, -0.2) is 4.79 Å². The number of fused-ring (bicyclic) bond motifs is 1. The van der Waals surface area contributed by atoms with E-state index in [0.717, 1.165) is 22.4 Å². The number of methoxy groups -OCH3 is 1. The lowest BCUT2D eigenvalue weighted by atomic mass is 9.84. The van der Waals surface area contributed by atoms with Gasteiger partial charge in [-0.1, -0.05) is 67.9 Å². The van der Waals surface area contributed by atoms with Crippen molar-refractivity contribution in [2.45, 2.75) is 26.5 Å². The highest BCUT2D eigenvalue weighted by Crippen LogP contribution is 2.53. The Bertz CT molecular complexity index is 1040. The molecular formula is C23H22ClNO3. The molecule has 144 valence electrons. The van der Waals surface area contributed by atoms with E-state index in [9.17, 15) is 9.90 Å². The van der Waals surface area contributed by atoms with Crippen molar-refractivity contribution in [3.05, 3.63) is 71.0 Å². The minimum absolute atomic E-state index is 0.207. The zero-order chi connectivity index (χ0) is 20.1. The van der Waals surface area contributed by atoms with Crippen molar-refractivity contribution in [1.82, 2.24) is 4.57 Å². The summed E-state index contributed by atoms with van der Waals surface area (Å²) in [5.41, 5.74) is 4.43. The van der Waals surface area contributed by atoms with Crippen molar-refractivity contribution in [2.24, 2.45) is 5.41 Å². The number of carboxylic acid groups (broad SMARTS) is 1. The molecule has 0 spiro atoms. The smallest absolute Gasteiger partial charge is 0.353 e. The third kappa shape index (κ3) is 2.84. The molecule has 3 aromatic rings. The summed E-state index contributed by atoms with van der Waals surface area (Å²) in [5, 5.41) is 10.8. The highest BCUT2D eigenvalue weighted by Gasteiger charge is 2.45. The monoisotopic (exact) mass is 395 g/mol. The van der Waals surface area contributed by atoms with E-state index in [1.54, 1.807) is 19.2 Å². The first-order valence-electron chi connectivity index (χ1n) is 9.19. The predicted molar refractivity (Wildman–Crippen MR) is 111 cm³/mol. The van der Waals surface area contributed by atoms with Gasteiger partial charge in [0.2, 0.25) is 0 Å². The second-order valence-corrected chi connectivity index (χ2v) is 8.29. The van der Waals surface area contributed by atoms with Crippen LogP contribution in [0.2, 0.25) is 5.02 Å². The lowest BCUT2D eigenvalue weighted by Crippen LogP contribution is -2.21. The molecule has 0 fully saturated rings. The molecule has 2 aromatic carbocycles. The first-order valence-corrected chi connectivity index (χ1v) is 9.57. The van der Waals surface area contributed by atoms with Crippen molar-refractivity contribution < 1.29 is 14.6 Å². The van der Waals surface area contributed by atoms with Gasteiger partial charge in [0, 0.05) is 35.2 Å². The van der Waals surface area contributed by atoms with E-state index < -0.39 is 5.97 Å². The molecule has 4 nitrogen and oxygen atoms in total. The molecule has 1 atom stereocenters. The van der Waals surface area contributed by atoms with E-state index in [0.29, 0.717) is 22.8 Å². The van der Waals surface area contributed by atoms with Crippen LogP contribution in [-0.4, -0.2) is 22.8 Å². The molecule has 0 bridgehead atoms. The molecule has 4 rings (SSSR count). The van der Waals surface area contributed by atoms with E-state index in [2.05, 4.69) is 13.8 Å². The molecule has 1 N–H and O–H groups in total. The molecule has 1 aliphatic heterocycles. The van der Waals surface area contributed by atoms with Gasteiger partial charge in [-0.3, -0.25) is 0 Å². The Morgan fingerprint density at radius 1 is 1.07 bits per heavy atom. The Kier molecular flexibility index (Phi) is 4.56. The van der Waals surface area contributed by atoms with Crippen molar-refractivity contribution in [3.63, 3.8) is 0 Å². The number of hydrogen-bond acceptors (Lipinski definition) is 2. The maximum Gasteiger partial charge on any atom is 0.353 e. The van der Waals surface area contributed by atoms with Crippen LogP contribution >= 0.6 is 11.6 Å². The van der Waals surface area contributed by atoms with Gasteiger partial charge in [-0.2, -0.15) is 0 Å². The number of nitrogens with zero attached hydrogens (tertiary/aromatic N) is 1. The third-order valence-electron chi connectivity index (χ3n) is 5.46. The van der Waals surface area contributed by atoms with Crippen LogP contribution in [0, 0.1) is 5.41 Å². The SMILES string of the molecule is COC1c2c(-c3ccccc3)c(-c3ccc(Cl)cc3)c(C(=O)O)n2CC1(C)C. The average Bonchev–Trinajstić information content (AvgIpc) is 3.11. The largest absolute Gasteiger partial charge is 0.477 e. The van der Waals surface area contributed by atoms with Gasteiger partial charge in [0.25, 0.3) is 0 Å². The zero-order valence-electron chi connectivity index (χ0n) is 16.1. The lowest BCUT2D eigenvalue weighted by Gasteiger charge is -2.26. The van der Waals surface area contributed by atoms with Crippen LogP contribution in [0.25, 0.3) is 22.3 Å². The van der Waals surface area contributed by atoms with Crippen molar-refractivity contribution in [2.75, 3.05) is 7.11 Å². The number of carboxylic acids is 1. The number of ether oxygens (including phenoxy) is 1. The maximum absolute atomic E-state index is 12.4. The fourth-order valence-corrected chi connectivity index (χ4v) is 4.51. The summed E-state index contributed by atoms with van der Waals surface area (Å²) in [6.07, 6.45) is -0.207. The van der Waals surface area contributed by atoms with E-state index >= 15 is 0 Å². The minimum atomic E-state index is -0.944. The van der Waals surface area contributed by atoms with Gasteiger partial charge >= 0.3 is 5.97 Å². The Balaban J connectivity index is 2.12. The number of halogens is 1. The van der Waals surface area contributed by atoms with Gasteiger partial charge in [0.15, 0.2) is 0 Å². The second kappa shape index (κ2) is 6.80. The minimum Gasteiger partial charge on any atom is -0.477 e. The van der Waals surface area contributed by atoms with Crippen molar-refractivity contribution in [1.29, 1.82) is 0 Å². The summed E-state index contributed by atoms with van der Waals surface area (Å²) in [6.45, 7) is 4.79.